The molecule has 1 aromatic carbocycles. The summed E-state index contributed by atoms with van der Waals surface area (Å²) < 4.78 is 0. The highest BCUT2D eigenvalue weighted by Gasteiger charge is 2.34. The number of nitrogens with two attached hydrogens (primary N) is 1. The SMILES string of the molecule is C/C(=C\c1ccccc1)[C@@H]1C[C@H]1N.Cl. The summed E-state index contributed by atoms with van der Waals surface area (Å²) in [5.74, 6) is 0.639. The Balaban J connectivity index is 0.000000980. The van der Waals surface area contributed by atoms with Gasteiger partial charge in [0.25, 0.3) is 0 Å². The largest absolute Gasteiger partial charge is 0.327 e. The van der Waals surface area contributed by atoms with Crippen LogP contribution in [0.2, 0.25) is 0 Å². The zero-order valence-electron chi connectivity index (χ0n) is 8.31. The maximum atomic E-state index is 5.78. The number of benzene rings is 1. The van der Waals surface area contributed by atoms with Gasteiger partial charge in [0.1, 0.15) is 0 Å². The van der Waals surface area contributed by atoms with Crippen molar-refractivity contribution in [1.29, 1.82) is 0 Å². The second kappa shape index (κ2) is 4.63. The summed E-state index contributed by atoms with van der Waals surface area (Å²) in [6.45, 7) is 2.17. The van der Waals surface area contributed by atoms with E-state index in [1.807, 2.05) is 6.07 Å². The molecular weight excluding hydrogens is 194 g/mol. The standard InChI is InChI=1S/C12H15N.ClH/c1-9(11-8-12(11)13)7-10-5-3-2-4-6-10;/h2-7,11-12H,8,13H2,1H3;1H/b9-7+;/t11-,12+;/m0./s1. The summed E-state index contributed by atoms with van der Waals surface area (Å²) in [5, 5.41) is 0. The molecule has 76 valence electrons. The van der Waals surface area contributed by atoms with Gasteiger partial charge in [-0.2, -0.15) is 0 Å². The Labute approximate surface area is 91.4 Å². The molecule has 2 atom stereocenters. The number of hydrogen-bond donors (Lipinski definition) is 1. The molecular formula is C12H16ClN. The summed E-state index contributed by atoms with van der Waals surface area (Å²) in [6, 6.07) is 10.8. The normalized spacial score (nSPS) is 25.4. The van der Waals surface area contributed by atoms with E-state index in [9.17, 15) is 0 Å². The second-order valence-electron chi connectivity index (χ2n) is 3.81. The molecule has 0 saturated heterocycles. The van der Waals surface area contributed by atoms with Crippen molar-refractivity contribution in [1.82, 2.24) is 0 Å². The van der Waals surface area contributed by atoms with Gasteiger partial charge in [0.2, 0.25) is 0 Å². The molecule has 0 amide bonds. The minimum atomic E-state index is 0. The van der Waals surface area contributed by atoms with Crippen LogP contribution in [0.3, 0.4) is 0 Å². The first-order valence-corrected chi connectivity index (χ1v) is 4.76. The molecule has 1 fully saturated rings. The number of halogens is 1. The summed E-state index contributed by atoms with van der Waals surface area (Å²) in [6.07, 6.45) is 3.40. The predicted octanol–water partition coefficient (Wildman–Crippen LogP) is 2.86. The summed E-state index contributed by atoms with van der Waals surface area (Å²) in [4.78, 5) is 0. The van der Waals surface area contributed by atoms with E-state index < -0.39 is 0 Å². The Hall–Kier alpha value is -0.790. The highest BCUT2D eigenvalue weighted by molar-refractivity contribution is 5.85. The molecule has 0 unspecified atom stereocenters. The lowest BCUT2D eigenvalue weighted by atomic mass is 10.1. The molecule has 14 heavy (non-hydrogen) atoms. The molecule has 1 aliphatic carbocycles. The molecule has 0 heterocycles. The number of rotatable bonds is 2. The molecule has 0 radical (unpaired) electrons. The van der Waals surface area contributed by atoms with Crippen LogP contribution in [0.4, 0.5) is 0 Å². The molecule has 1 nitrogen and oxygen atoms in total. The van der Waals surface area contributed by atoms with E-state index in [0.717, 1.165) is 6.42 Å². The zero-order valence-corrected chi connectivity index (χ0v) is 9.13. The fourth-order valence-corrected chi connectivity index (χ4v) is 1.66. The smallest absolute Gasteiger partial charge is 0.0111 e. The van der Waals surface area contributed by atoms with Crippen molar-refractivity contribution in [3.63, 3.8) is 0 Å². The van der Waals surface area contributed by atoms with E-state index in [1.54, 1.807) is 0 Å². The Morgan fingerprint density at radius 1 is 1.36 bits per heavy atom. The first-order chi connectivity index (χ1) is 6.27. The molecule has 2 rings (SSSR count). The van der Waals surface area contributed by atoms with Crippen molar-refractivity contribution in [2.75, 3.05) is 0 Å². The van der Waals surface area contributed by atoms with Crippen molar-refractivity contribution in [3.05, 3.63) is 41.5 Å². The third-order valence-corrected chi connectivity index (χ3v) is 2.62. The maximum Gasteiger partial charge on any atom is 0.0111 e. The topological polar surface area (TPSA) is 26.0 Å². The van der Waals surface area contributed by atoms with Crippen molar-refractivity contribution in [3.8, 4) is 0 Å². The van der Waals surface area contributed by atoms with Gasteiger partial charge >= 0.3 is 0 Å². The average molecular weight is 210 g/mol. The first kappa shape index (κ1) is 11.3. The second-order valence-corrected chi connectivity index (χ2v) is 3.81. The van der Waals surface area contributed by atoms with Crippen LogP contribution in [0.25, 0.3) is 6.08 Å². The molecule has 2 heteroatoms. The number of hydrogen-bond acceptors (Lipinski definition) is 1. The van der Waals surface area contributed by atoms with Gasteiger partial charge in [-0.1, -0.05) is 42.0 Å². The lowest BCUT2D eigenvalue weighted by Gasteiger charge is -1.98. The molecule has 2 N–H and O–H groups in total. The minimum Gasteiger partial charge on any atom is -0.327 e. The summed E-state index contributed by atoms with van der Waals surface area (Å²) in [5.41, 5.74) is 8.47. The molecule has 0 bridgehead atoms. The third-order valence-electron chi connectivity index (χ3n) is 2.62. The molecule has 0 spiro atoms. The monoisotopic (exact) mass is 209 g/mol. The third kappa shape index (κ3) is 2.60. The fraction of sp³-hybridized carbons (Fsp3) is 0.333. The van der Waals surface area contributed by atoms with Crippen molar-refractivity contribution < 1.29 is 0 Å². The van der Waals surface area contributed by atoms with Gasteiger partial charge in [0.05, 0.1) is 0 Å². The van der Waals surface area contributed by atoms with Gasteiger partial charge in [-0.3, -0.25) is 0 Å². The first-order valence-electron chi connectivity index (χ1n) is 4.76. The lowest BCUT2D eigenvalue weighted by Crippen LogP contribution is -2.02. The molecule has 1 aliphatic rings. The van der Waals surface area contributed by atoms with Crippen LogP contribution < -0.4 is 5.73 Å². The van der Waals surface area contributed by atoms with Crippen LogP contribution in [0.1, 0.15) is 18.9 Å². The lowest BCUT2D eigenvalue weighted by molar-refractivity contribution is 0.924. The Morgan fingerprint density at radius 3 is 2.43 bits per heavy atom. The van der Waals surface area contributed by atoms with Crippen molar-refractivity contribution in [2.24, 2.45) is 11.7 Å². The van der Waals surface area contributed by atoms with E-state index in [4.69, 9.17) is 5.73 Å². The van der Waals surface area contributed by atoms with E-state index in [2.05, 4.69) is 37.3 Å². The Morgan fingerprint density at radius 2 is 1.93 bits per heavy atom. The average Bonchev–Trinajstić information content (AvgIpc) is 2.84. The van der Waals surface area contributed by atoms with Crippen LogP contribution >= 0.6 is 12.4 Å². The van der Waals surface area contributed by atoms with Crippen molar-refractivity contribution in [2.45, 2.75) is 19.4 Å². The van der Waals surface area contributed by atoms with Gasteiger partial charge in [0, 0.05) is 6.04 Å². The predicted molar refractivity (Wildman–Crippen MR) is 63.4 cm³/mol. The Kier molecular flexibility index (Phi) is 3.73. The van der Waals surface area contributed by atoms with Gasteiger partial charge in [-0.05, 0) is 24.8 Å². The van der Waals surface area contributed by atoms with Gasteiger partial charge < -0.3 is 5.73 Å². The van der Waals surface area contributed by atoms with Gasteiger partial charge in [0.15, 0.2) is 0 Å². The quantitative estimate of drug-likeness (QED) is 0.797. The van der Waals surface area contributed by atoms with E-state index in [1.165, 1.54) is 11.1 Å². The van der Waals surface area contributed by atoms with Crippen LogP contribution in [0.15, 0.2) is 35.9 Å². The summed E-state index contributed by atoms with van der Waals surface area (Å²) in [7, 11) is 0. The molecule has 0 aromatic heterocycles. The fourth-order valence-electron chi connectivity index (χ4n) is 1.66. The molecule has 0 aliphatic heterocycles. The zero-order chi connectivity index (χ0) is 9.26. The van der Waals surface area contributed by atoms with Gasteiger partial charge in [-0.15, -0.1) is 12.4 Å². The van der Waals surface area contributed by atoms with Gasteiger partial charge in [-0.25, -0.2) is 0 Å². The van der Waals surface area contributed by atoms with E-state index in [0.29, 0.717) is 12.0 Å². The molecule has 1 saturated carbocycles. The van der Waals surface area contributed by atoms with Crippen LogP contribution in [0.5, 0.6) is 0 Å². The van der Waals surface area contributed by atoms with E-state index in [-0.39, 0.29) is 12.4 Å². The highest BCUT2D eigenvalue weighted by Crippen LogP contribution is 2.35. The molecule has 1 aromatic rings. The minimum absolute atomic E-state index is 0. The van der Waals surface area contributed by atoms with Crippen LogP contribution in [-0.4, -0.2) is 6.04 Å². The maximum absolute atomic E-state index is 5.78. The van der Waals surface area contributed by atoms with Crippen LogP contribution in [0, 0.1) is 5.92 Å². The highest BCUT2D eigenvalue weighted by atomic mass is 35.5. The van der Waals surface area contributed by atoms with E-state index >= 15 is 0 Å². The van der Waals surface area contributed by atoms with Crippen LogP contribution in [-0.2, 0) is 0 Å². The van der Waals surface area contributed by atoms with Crippen molar-refractivity contribution >= 4 is 18.5 Å². The Bertz CT molecular complexity index is 318. The summed E-state index contributed by atoms with van der Waals surface area (Å²) >= 11 is 0.